The predicted octanol–water partition coefficient (Wildman–Crippen LogP) is 6.62. The molecule has 0 saturated carbocycles. The number of amides is 2. The quantitative estimate of drug-likeness (QED) is 0.226. The Morgan fingerprint density at radius 2 is 1.78 bits per heavy atom. The molecule has 2 N–H and O–H groups in total. The van der Waals surface area contributed by atoms with E-state index in [1.165, 1.54) is 17.8 Å². The number of carbonyl (C=O) groups excluding carboxylic acids is 2. The van der Waals surface area contributed by atoms with Gasteiger partial charge in [-0.25, -0.2) is 0 Å². The van der Waals surface area contributed by atoms with Gasteiger partial charge in [-0.3, -0.25) is 9.59 Å². The molecule has 192 valence electrons. The van der Waals surface area contributed by atoms with E-state index in [0.717, 1.165) is 16.5 Å². The lowest BCUT2D eigenvalue weighted by Crippen LogP contribution is -2.34. The van der Waals surface area contributed by atoms with E-state index < -0.39 is 6.04 Å². The molecule has 1 atom stereocenters. The summed E-state index contributed by atoms with van der Waals surface area (Å²) >= 11 is 13.5. The SMILES string of the molecule is CCn1c(SCC(=O)Nc2cccc3ccccc23)nnc1[C@@H](NC(=O)c1ccc(Cl)cc1Cl)C(C)C. The van der Waals surface area contributed by atoms with E-state index >= 15 is 0 Å². The van der Waals surface area contributed by atoms with Gasteiger partial charge in [0, 0.05) is 22.6 Å². The normalized spacial score (nSPS) is 12.1. The Kier molecular flexibility index (Phi) is 8.74. The van der Waals surface area contributed by atoms with Crippen molar-refractivity contribution in [3.63, 3.8) is 0 Å². The molecule has 0 bridgehead atoms. The van der Waals surface area contributed by atoms with Crippen molar-refractivity contribution in [3.8, 4) is 0 Å². The number of nitrogens with zero attached hydrogens (tertiary/aromatic N) is 3. The third-order valence-corrected chi connectivity index (χ3v) is 7.38. The summed E-state index contributed by atoms with van der Waals surface area (Å²) in [5, 5.41) is 18.1. The molecule has 1 aromatic heterocycles. The molecule has 0 radical (unpaired) electrons. The average molecular weight is 557 g/mol. The Hall–Kier alpha value is -3.07. The van der Waals surface area contributed by atoms with Crippen LogP contribution in [0.3, 0.4) is 0 Å². The molecule has 4 aromatic rings. The first-order valence-electron chi connectivity index (χ1n) is 11.9. The van der Waals surface area contributed by atoms with Gasteiger partial charge in [-0.2, -0.15) is 0 Å². The van der Waals surface area contributed by atoms with E-state index in [1.54, 1.807) is 12.1 Å². The predicted molar refractivity (Wildman–Crippen MR) is 151 cm³/mol. The fourth-order valence-electron chi connectivity index (χ4n) is 4.01. The smallest absolute Gasteiger partial charge is 0.253 e. The molecule has 0 fully saturated rings. The first-order valence-corrected chi connectivity index (χ1v) is 13.6. The van der Waals surface area contributed by atoms with Crippen LogP contribution in [0.25, 0.3) is 10.8 Å². The Labute approximate surface area is 229 Å². The number of carbonyl (C=O) groups is 2. The molecular weight excluding hydrogens is 529 g/mol. The van der Waals surface area contributed by atoms with Crippen LogP contribution in [-0.2, 0) is 11.3 Å². The molecule has 2 amide bonds. The van der Waals surface area contributed by atoms with Crippen LogP contribution in [0, 0.1) is 5.92 Å². The molecule has 0 aliphatic rings. The van der Waals surface area contributed by atoms with Crippen LogP contribution < -0.4 is 10.6 Å². The second kappa shape index (κ2) is 12.0. The molecule has 0 saturated heterocycles. The van der Waals surface area contributed by atoms with Gasteiger partial charge >= 0.3 is 0 Å². The Balaban J connectivity index is 1.47. The van der Waals surface area contributed by atoms with Gasteiger partial charge < -0.3 is 15.2 Å². The molecule has 10 heteroatoms. The summed E-state index contributed by atoms with van der Waals surface area (Å²) in [7, 11) is 0. The van der Waals surface area contributed by atoms with E-state index in [9.17, 15) is 9.59 Å². The molecule has 4 rings (SSSR count). The van der Waals surface area contributed by atoms with Crippen LogP contribution in [0.5, 0.6) is 0 Å². The zero-order valence-electron chi connectivity index (χ0n) is 20.7. The highest BCUT2D eigenvalue weighted by Crippen LogP contribution is 2.28. The highest BCUT2D eigenvalue weighted by molar-refractivity contribution is 7.99. The minimum Gasteiger partial charge on any atom is -0.342 e. The van der Waals surface area contributed by atoms with Crippen molar-refractivity contribution < 1.29 is 9.59 Å². The molecule has 1 heterocycles. The van der Waals surface area contributed by atoms with Gasteiger partial charge in [0.05, 0.1) is 22.4 Å². The summed E-state index contributed by atoms with van der Waals surface area (Å²) in [5.41, 5.74) is 1.10. The molecule has 7 nitrogen and oxygen atoms in total. The number of fused-ring (bicyclic) bond motifs is 1. The van der Waals surface area contributed by atoms with Gasteiger partial charge in [0.15, 0.2) is 11.0 Å². The van der Waals surface area contributed by atoms with Crippen molar-refractivity contribution in [1.82, 2.24) is 20.1 Å². The van der Waals surface area contributed by atoms with E-state index in [-0.39, 0.29) is 28.5 Å². The monoisotopic (exact) mass is 555 g/mol. The average Bonchev–Trinajstić information content (AvgIpc) is 3.28. The lowest BCUT2D eigenvalue weighted by atomic mass is 10.0. The van der Waals surface area contributed by atoms with Gasteiger partial charge in [0.1, 0.15) is 0 Å². The fourth-order valence-corrected chi connectivity index (χ4v) is 5.31. The van der Waals surface area contributed by atoms with Crippen LogP contribution in [0.4, 0.5) is 5.69 Å². The van der Waals surface area contributed by atoms with Crippen LogP contribution in [0.2, 0.25) is 10.0 Å². The summed E-state index contributed by atoms with van der Waals surface area (Å²) in [6, 6.07) is 18.1. The molecule has 3 aromatic carbocycles. The zero-order chi connectivity index (χ0) is 26.5. The lowest BCUT2D eigenvalue weighted by molar-refractivity contribution is -0.113. The third-order valence-electron chi connectivity index (χ3n) is 5.86. The zero-order valence-corrected chi connectivity index (χ0v) is 23.0. The summed E-state index contributed by atoms with van der Waals surface area (Å²) in [6.07, 6.45) is 0. The number of anilines is 1. The maximum atomic E-state index is 13.0. The lowest BCUT2D eigenvalue weighted by Gasteiger charge is -2.22. The summed E-state index contributed by atoms with van der Waals surface area (Å²) in [4.78, 5) is 25.8. The molecule has 0 spiro atoms. The van der Waals surface area contributed by atoms with E-state index in [0.29, 0.717) is 28.1 Å². The largest absolute Gasteiger partial charge is 0.342 e. The number of rotatable bonds is 9. The number of hydrogen-bond acceptors (Lipinski definition) is 5. The van der Waals surface area contributed by atoms with E-state index in [1.807, 2.05) is 67.8 Å². The number of benzene rings is 3. The number of thioether (sulfide) groups is 1. The van der Waals surface area contributed by atoms with Crippen LogP contribution >= 0.6 is 35.0 Å². The number of hydrogen-bond donors (Lipinski definition) is 2. The molecule has 37 heavy (non-hydrogen) atoms. The maximum absolute atomic E-state index is 13.0. The Morgan fingerprint density at radius 1 is 1.03 bits per heavy atom. The summed E-state index contributed by atoms with van der Waals surface area (Å²) < 4.78 is 1.92. The molecular formula is C27H27Cl2N5O2S. The Morgan fingerprint density at radius 3 is 2.51 bits per heavy atom. The molecule has 0 unspecified atom stereocenters. The second-order valence-electron chi connectivity index (χ2n) is 8.77. The second-order valence-corrected chi connectivity index (χ2v) is 10.6. The standard InChI is InChI=1S/C27H27Cl2N5O2S/c1-4-34-25(24(16(2)3)31-26(36)20-13-12-18(28)14-21(20)29)32-33-27(34)37-15-23(35)30-22-11-7-9-17-8-5-6-10-19(17)22/h5-14,16,24H,4,15H2,1-3H3,(H,30,35)(H,31,36)/t24-/m0/s1. The fraction of sp³-hybridized carbons (Fsp3) is 0.259. The van der Waals surface area contributed by atoms with Crippen molar-refractivity contribution in [2.75, 3.05) is 11.1 Å². The summed E-state index contributed by atoms with van der Waals surface area (Å²) in [6.45, 7) is 6.54. The minimum atomic E-state index is -0.412. The van der Waals surface area contributed by atoms with E-state index in [2.05, 4.69) is 20.8 Å². The highest BCUT2D eigenvalue weighted by Gasteiger charge is 2.27. The van der Waals surface area contributed by atoms with Crippen LogP contribution in [0.15, 0.2) is 65.8 Å². The summed E-state index contributed by atoms with van der Waals surface area (Å²) in [5.74, 6) is 0.347. The first kappa shape index (κ1) is 27.0. The number of aromatic nitrogens is 3. The maximum Gasteiger partial charge on any atom is 0.253 e. The van der Waals surface area contributed by atoms with Gasteiger partial charge in [-0.15, -0.1) is 10.2 Å². The Bertz CT molecular complexity index is 1430. The van der Waals surface area contributed by atoms with Crippen LogP contribution in [-0.4, -0.2) is 32.3 Å². The molecule has 0 aliphatic carbocycles. The highest BCUT2D eigenvalue weighted by atomic mass is 35.5. The van der Waals surface area contributed by atoms with Gasteiger partial charge in [0.2, 0.25) is 5.91 Å². The first-order chi connectivity index (χ1) is 17.8. The van der Waals surface area contributed by atoms with Crippen molar-refractivity contribution in [1.29, 1.82) is 0 Å². The third kappa shape index (κ3) is 6.26. The topological polar surface area (TPSA) is 88.9 Å². The number of halogens is 2. The van der Waals surface area contributed by atoms with Crippen molar-refractivity contribution in [2.24, 2.45) is 5.92 Å². The minimum absolute atomic E-state index is 0.0250. The van der Waals surface area contributed by atoms with Gasteiger partial charge in [0.25, 0.3) is 5.91 Å². The van der Waals surface area contributed by atoms with Gasteiger partial charge in [-0.05, 0) is 42.5 Å². The van der Waals surface area contributed by atoms with Crippen molar-refractivity contribution >= 4 is 63.2 Å². The molecule has 0 aliphatic heterocycles. The van der Waals surface area contributed by atoms with Crippen molar-refractivity contribution in [2.45, 2.75) is 38.5 Å². The van der Waals surface area contributed by atoms with Gasteiger partial charge in [-0.1, -0.05) is 85.2 Å². The van der Waals surface area contributed by atoms with Crippen LogP contribution in [0.1, 0.15) is 43.0 Å². The van der Waals surface area contributed by atoms with E-state index in [4.69, 9.17) is 23.2 Å². The van der Waals surface area contributed by atoms with Crippen molar-refractivity contribution in [3.05, 3.63) is 82.1 Å². The number of nitrogens with one attached hydrogen (secondary N) is 2.